The van der Waals surface area contributed by atoms with Crippen LogP contribution in [0.25, 0.3) is 5.57 Å². The Morgan fingerprint density at radius 1 is 0.960 bits per heavy atom. The number of hydrogen-bond donors (Lipinski definition) is 0. The summed E-state index contributed by atoms with van der Waals surface area (Å²) in [6.07, 6.45) is 0. The van der Waals surface area contributed by atoms with Gasteiger partial charge in [-0.15, -0.1) is 0 Å². The van der Waals surface area contributed by atoms with E-state index in [9.17, 15) is 14.0 Å². The van der Waals surface area contributed by atoms with Crippen LogP contribution in [0, 0.1) is 5.82 Å². The van der Waals surface area contributed by atoms with Gasteiger partial charge in [0.2, 0.25) is 0 Å². The quantitative estimate of drug-likeness (QED) is 0.568. The van der Waals surface area contributed by atoms with Gasteiger partial charge in [0.25, 0.3) is 11.8 Å². The number of nitrogens with zero attached hydrogens (tertiary/aromatic N) is 2. The molecule has 25 heavy (non-hydrogen) atoms. The maximum atomic E-state index is 14.1. The van der Waals surface area contributed by atoms with Crippen molar-refractivity contribution < 1.29 is 14.0 Å². The third kappa shape index (κ3) is 2.31. The molecular formula is C18H11FN2O2S2. The highest BCUT2D eigenvalue weighted by Crippen LogP contribution is 2.45. The molecule has 0 atom stereocenters. The van der Waals surface area contributed by atoms with Crippen LogP contribution in [0.2, 0.25) is 0 Å². The van der Waals surface area contributed by atoms with Crippen molar-refractivity contribution in [2.45, 2.75) is 0 Å². The average molecular weight is 370 g/mol. The van der Waals surface area contributed by atoms with Gasteiger partial charge >= 0.3 is 0 Å². The van der Waals surface area contributed by atoms with Crippen LogP contribution in [0.3, 0.4) is 0 Å². The summed E-state index contributed by atoms with van der Waals surface area (Å²) in [5.74, 6) is -1.29. The van der Waals surface area contributed by atoms with Crippen molar-refractivity contribution in [3.8, 4) is 0 Å². The lowest BCUT2D eigenvalue weighted by atomic mass is 10.1. The molecule has 0 N–H and O–H groups in total. The summed E-state index contributed by atoms with van der Waals surface area (Å²) in [6.45, 7) is 0. The Kier molecular flexibility index (Phi) is 3.70. The third-order valence-electron chi connectivity index (χ3n) is 4.14. The topological polar surface area (TPSA) is 40.6 Å². The molecule has 0 saturated carbocycles. The number of anilines is 2. The minimum Gasteiger partial charge on any atom is -0.311 e. The van der Waals surface area contributed by atoms with Gasteiger partial charge in [-0.3, -0.25) is 14.5 Å². The number of thioether (sulfide) groups is 1. The number of carbonyl (C=O) groups is 2. The standard InChI is InChI=1S/C18H11FN2O2S2/c1-20-12-8-4-2-6-10(12)14(16(20)22)15-17(23)21(18(24)25-15)13-9-5-3-7-11(13)19/h2-9H,1H3/b15-14+. The van der Waals surface area contributed by atoms with E-state index in [0.29, 0.717) is 11.1 Å². The molecule has 0 aromatic heterocycles. The summed E-state index contributed by atoms with van der Waals surface area (Å²) in [6, 6.07) is 13.2. The minimum absolute atomic E-state index is 0.0904. The molecule has 7 heteroatoms. The van der Waals surface area contributed by atoms with Crippen molar-refractivity contribution in [1.82, 2.24) is 0 Å². The molecule has 0 aliphatic carbocycles. The Labute approximate surface area is 152 Å². The summed E-state index contributed by atoms with van der Waals surface area (Å²) in [5.41, 5.74) is 1.82. The van der Waals surface area contributed by atoms with Gasteiger partial charge < -0.3 is 4.90 Å². The normalized spacial score (nSPS) is 19.8. The van der Waals surface area contributed by atoms with Crippen molar-refractivity contribution in [1.29, 1.82) is 0 Å². The number of benzene rings is 2. The Bertz CT molecular complexity index is 987. The predicted molar refractivity (Wildman–Crippen MR) is 101 cm³/mol. The second-order valence-corrected chi connectivity index (χ2v) is 7.19. The number of amides is 2. The molecule has 2 aromatic rings. The minimum atomic E-state index is -0.541. The molecule has 0 radical (unpaired) electrons. The molecule has 4 rings (SSSR count). The zero-order valence-corrected chi connectivity index (χ0v) is 14.7. The molecular weight excluding hydrogens is 359 g/mol. The average Bonchev–Trinajstić information content (AvgIpc) is 3.03. The van der Waals surface area contributed by atoms with E-state index in [4.69, 9.17) is 12.2 Å². The molecule has 124 valence electrons. The first-order chi connectivity index (χ1) is 12.0. The van der Waals surface area contributed by atoms with E-state index in [2.05, 4.69) is 0 Å². The monoisotopic (exact) mass is 370 g/mol. The number of para-hydroxylation sites is 2. The first-order valence-corrected chi connectivity index (χ1v) is 8.65. The molecule has 2 amide bonds. The second kappa shape index (κ2) is 5.79. The Morgan fingerprint density at radius 3 is 2.32 bits per heavy atom. The third-order valence-corrected chi connectivity index (χ3v) is 5.52. The molecule has 2 heterocycles. The van der Waals surface area contributed by atoms with E-state index in [1.807, 2.05) is 18.2 Å². The molecule has 2 aliphatic rings. The second-order valence-electron chi connectivity index (χ2n) is 5.55. The van der Waals surface area contributed by atoms with E-state index in [1.165, 1.54) is 17.0 Å². The summed E-state index contributed by atoms with van der Waals surface area (Å²) in [4.78, 5) is 28.5. The van der Waals surface area contributed by atoms with Crippen LogP contribution in [0.4, 0.5) is 15.8 Å². The first-order valence-electron chi connectivity index (χ1n) is 7.43. The van der Waals surface area contributed by atoms with Crippen LogP contribution in [0.1, 0.15) is 5.56 Å². The van der Waals surface area contributed by atoms with Crippen LogP contribution in [0.15, 0.2) is 53.4 Å². The zero-order valence-electron chi connectivity index (χ0n) is 13.0. The van der Waals surface area contributed by atoms with Crippen LogP contribution in [-0.2, 0) is 9.59 Å². The fraction of sp³-hybridized carbons (Fsp3) is 0.0556. The lowest BCUT2D eigenvalue weighted by Gasteiger charge is -2.15. The lowest BCUT2D eigenvalue weighted by molar-refractivity contribution is -0.115. The van der Waals surface area contributed by atoms with Gasteiger partial charge in [-0.2, -0.15) is 0 Å². The van der Waals surface area contributed by atoms with Crippen LogP contribution >= 0.6 is 24.0 Å². The SMILES string of the molecule is CN1C(=O)/C(=C2/SC(=S)N(c3ccccc3F)C2=O)c2ccccc21. The largest absolute Gasteiger partial charge is 0.311 e. The van der Waals surface area contributed by atoms with Crippen molar-refractivity contribution in [3.05, 3.63) is 64.8 Å². The highest BCUT2D eigenvalue weighted by Gasteiger charge is 2.42. The maximum Gasteiger partial charge on any atom is 0.271 e. The number of fused-ring (bicyclic) bond motifs is 1. The van der Waals surface area contributed by atoms with Gasteiger partial charge in [0.15, 0.2) is 4.32 Å². The number of thiocarbonyl (C=S) groups is 1. The van der Waals surface area contributed by atoms with Gasteiger partial charge in [-0.05, 0) is 18.2 Å². The fourth-order valence-electron chi connectivity index (χ4n) is 2.95. The number of halogens is 1. The van der Waals surface area contributed by atoms with Crippen molar-refractivity contribution in [3.63, 3.8) is 0 Å². The van der Waals surface area contributed by atoms with E-state index in [-0.39, 0.29) is 20.8 Å². The van der Waals surface area contributed by atoms with Gasteiger partial charge in [0, 0.05) is 12.6 Å². The summed E-state index contributed by atoms with van der Waals surface area (Å²) in [7, 11) is 1.66. The summed E-state index contributed by atoms with van der Waals surface area (Å²) >= 11 is 6.31. The molecule has 0 spiro atoms. The first kappa shape index (κ1) is 16.0. The van der Waals surface area contributed by atoms with Gasteiger partial charge in [-0.1, -0.05) is 54.3 Å². The lowest BCUT2D eigenvalue weighted by Crippen LogP contribution is -2.29. The number of hydrogen-bond acceptors (Lipinski definition) is 4. The molecule has 4 nitrogen and oxygen atoms in total. The highest BCUT2D eigenvalue weighted by molar-refractivity contribution is 8.27. The van der Waals surface area contributed by atoms with Gasteiger partial charge in [-0.25, -0.2) is 4.39 Å². The van der Waals surface area contributed by atoms with E-state index in [0.717, 1.165) is 22.3 Å². The van der Waals surface area contributed by atoms with Crippen LogP contribution in [0.5, 0.6) is 0 Å². The van der Waals surface area contributed by atoms with Crippen molar-refractivity contribution in [2.75, 3.05) is 16.8 Å². The predicted octanol–water partition coefficient (Wildman–Crippen LogP) is 3.58. The Morgan fingerprint density at radius 2 is 1.60 bits per heavy atom. The number of carbonyl (C=O) groups excluding carboxylic acids is 2. The van der Waals surface area contributed by atoms with Crippen molar-refractivity contribution in [2.24, 2.45) is 0 Å². The Hall–Kier alpha value is -2.51. The smallest absolute Gasteiger partial charge is 0.271 e. The molecule has 1 fully saturated rings. The summed E-state index contributed by atoms with van der Waals surface area (Å²) in [5, 5.41) is 0. The number of rotatable bonds is 1. The van der Waals surface area contributed by atoms with E-state index >= 15 is 0 Å². The molecule has 0 unspecified atom stereocenters. The van der Waals surface area contributed by atoms with Crippen LogP contribution < -0.4 is 9.80 Å². The van der Waals surface area contributed by atoms with E-state index in [1.54, 1.807) is 25.2 Å². The molecule has 0 bridgehead atoms. The van der Waals surface area contributed by atoms with Gasteiger partial charge in [0.1, 0.15) is 5.82 Å². The summed E-state index contributed by atoms with van der Waals surface area (Å²) < 4.78 is 14.3. The fourth-order valence-corrected chi connectivity index (χ4v) is 4.31. The molecule has 2 aliphatic heterocycles. The van der Waals surface area contributed by atoms with Gasteiger partial charge in [0.05, 0.1) is 21.9 Å². The molecule has 1 saturated heterocycles. The van der Waals surface area contributed by atoms with Crippen molar-refractivity contribution >= 4 is 57.1 Å². The Balaban J connectivity index is 1.87. The zero-order chi connectivity index (χ0) is 17.7. The number of likely N-dealkylation sites (N-methyl/N-ethyl adjacent to an activating group) is 1. The highest BCUT2D eigenvalue weighted by atomic mass is 32.2. The maximum absolute atomic E-state index is 14.1. The van der Waals surface area contributed by atoms with Crippen LogP contribution in [-0.4, -0.2) is 23.2 Å². The molecule has 2 aromatic carbocycles. The van der Waals surface area contributed by atoms with E-state index < -0.39 is 11.7 Å².